The molecule has 0 aliphatic heterocycles. The van der Waals surface area contributed by atoms with Gasteiger partial charge in [0.15, 0.2) is 0 Å². The van der Waals surface area contributed by atoms with E-state index in [4.69, 9.17) is 4.74 Å². The first-order valence-electron chi connectivity index (χ1n) is 8.07. The van der Waals surface area contributed by atoms with Gasteiger partial charge in [0.2, 0.25) is 0 Å². The molecule has 0 unspecified atom stereocenters. The zero-order valence-electron chi connectivity index (χ0n) is 14.9. The van der Waals surface area contributed by atoms with Crippen molar-refractivity contribution in [3.05, 3.63) is 36.4 Å². The van der Waals surface area contributed by atoms with Crippen LogP contribution in [0.15, 0.2) is 30.8 Å². The second kappa shape index (κ2) is 7.30. The van der Waals surface area contributed by atoms with Gasteiger partial charge in [-0.15, -0.1) is 0 Å². The zero-order chi connectivity index (χ0) is 16.2. The number of benzene rings is 1. The summed E-state index contributed by atoms with van der Waals surface area (Å²) in [6.45, 7) is 18.9. The molecule has 1 aromatic carbocycles. The van der Waals surface area contributed by atoms with E-state index in [0.29, 0.717) is 0 Å². The highest BCUT2D eigenvalue weighted by molar-refractivity contribution is 6.84. The molecule has 0 radical (unpaired) electrons. The third-order valence-electron chi connectivity index (χ3n) is 5.24. The minimum Gasteiger partial charge on any atom is -0.497 e. The van der Waals surface area contributed by atoms with Crippen molar-refractivity contribution in [1.82, 2.24) is 0 Å². The monoisotopic (exact) mass is 304 g/mol. The first kappa shape index (κ1) is 18.0. The summed E-state index contributed by atoms with van der Waals surface area (Å²) in [6, 6.07) is 9.53. The summed E-state index contributed by atoms with van der Waals surface area (Å²) >= 11 is 0. The van der Waals surface area contributed by atoms with Crippen LogP contribution in [0.2, 0.25) is 22.7 Å². The van der Waals surface area contributed by atoms with Gasteiger partial charge in [0.05, 0.1) is 15.2 Å². The quantitative estimate of drug-likeness (QED) is 0.530. The predicted molar refractivity (Wildman–Crippen MR) is 97.9 cm³/mol. The van der Waals surface area contributed by atoms with Crippen molar-refractivity contribution in [2.75, 3.05) is 7.11 Å². The van der Waals surface area contributed by atoms with Crippen LogP contribution in [0.3, 0.4) is 0 Å². The van der Waals surface area contributed by atoms with Crippen molar-refractivity contribution < 1.29 is 4.74 Å². The average Bonchev–Trinajstić information content (AvgIpc) is 2.43. The lowest BCUT2D eigenvalue weighted by atomic mass is 10.1. The maximum Gasteiger partial charge on any atom is 0.118 e. The van der Waals surface area contributed by atoms with E-state index in [-0.39, 0.29) is 0 Å². The number of hydrogen-bond acceptors (Lipinski definition) is 1. The summed E-state index contributed by atoms with van der Waals surface area (Å²) in [5.74, 6) is 0.909. The van der Waals surface area contributed by atoms with E-state index in [1.54, 1.807) is 7.11 Å². The SMILES string of the molecule is C=C(C[Si](C(C)C)(C(C)C)C(C)C)c1ccc(OC)cc1. The molecule has 1 nitrogen and oxygen atoms in total. The van der Waals surface area contributed by atoms with E-state index in [2.05, 4.69) is 60.3 Å². The van der Waals surface area contributed by atoms with Crippen molar-refractivity contribution >= 4 is 13.6 Å². The number of hydrogen-bond donors (Lipinski definition) is 0. The van der Waals surface area contributed by atoms with Crippen molar-refractivity contribution in [2.45, 2.75) is 64.2 Å². The lowest BCUT2D eigenvalue weighted by Gasteiger charge is -2.44. The largest absolute Gasteiger partial charge is 0.497 e. The van der Waals surface area contributed by atoms with Crippen LogP contribution in [0.25, 0.3) is 5.57 Å². The average molecular weight is 305 g/mol. The van der Waals surface area contributed by atoms with Gasteiger partial charge in [0.25, 0.3) is 0 Å². The van der Waals surface area contributed by atoms with Crippen LogP contribution < -0.4 is 4.74 Å². The van der Waals surface area contributed by atoms with Crippen molar-refractivity contribution in [3.8, 4) is 5.75 Å². The predicted octanol–water partition coefficient (Wildman–Crippen LogP) is 6.39. The van der Waals surface area contributed by atoms with Gasteiger partial charge in [-0.05, 0) is 23.7 Å². The molecule has 0 amide bonds. The number of methoxy groups -OCH3 is 1. The lowest BCUT2D eigenvalue weighted by molar-refractivity contribution is 0.415. The molecule has 0 spiro atoms. The molecule has 0 aliphatic carbocycles. The second-order valence-corrected chi connectivity index (χ2v) is 13.1. The van der Waals surface area contributed by atoms with E-state index in [1.165, 1.54) is 17.2 Å². The molecule has 1 aromatic rings. The Kier molecular flexibility index (Phi) is 6.27. The first-order valence-corrected chi connectivity index (χ1v) is 10.5. The van der Waals surface area contributed by atoms with Crippen molar-refractivity contribution in [2.24, 2.45) is 0 Å². The molecule has 0 aromatic heterocycles. The van der Waals surface area contributed by atoms with E-state index in [1.807, 2.05) is 12.1 Å². The van der Waals surface area contributed by atoms with Crippen molar-refractivity contribution in [1.29, 1.82) is 0 Å². The highest BCUT2D eigenvalue weighted by atomic mass is 28.3. The van der Waals surface area contributed by atoms with Crippen LogP contribution in [-0.4, -0.2) is 15.2 Å². The molecule has 118 valence electrons. The molecular weight excluding hydrogens is 272 g/mol. The Balaban J connectivity index is 3.05. The standard InChI is InChI=1S/C19H32OSi/c1-14(2)21(15(3)4,16(5)6)13-17(7)18-9-11-19(20-8)12-10-18/h9-12,14-16H,7,13H2,1-6,8H3. The maximum atomic E-state index is 5.24. The number of ether oxygens (including phenoxy) is 1. The van der Waals surface area contributed by atoms with Gasteiger partial charge >= 0.3 is 0 Å². The van der Waals surface area contributed by atoms with Crippen LogP contribution in [0, 0.1) is 0 Å². The van der Waals surface area contributed by atoms with Gasteiger partial charge in [-0.2, -0.15) is 0 Å². The fraction of sp³-hybridized carbons (Fsp3) is 0.579. The Morgan fingerprint density at radius 1 is 0.952 bits per heavy atom. The van der Waals surface area contributed by atoms with Crippen LogP contribution in [0.4, 0.5) is 0 Å². The minimum atomic E-state index is -1.43. The van der Waals surface area contributed by atoms with E-state index < -0.39 is 8.07 Å². The smallest absolute Gasteiger partial charge is 0.118 e. The highest BCUT2D eigenvalue weighted by Crippen LogP contribution is 2.47. The topological polar surface area (TPSA) is 9.23 Å². The zero-order valence-corrected chi connectivity index (χ0v) is 15.9. The Hall–Kier alpha value is -1.02. The molecule has 2 heteroatoms. The molecule has 1 rings (SSSR count). The maximum absolute atomic E-state index is 5.24. The van der Waals surface area contributed by atoms with Gasteiger partial charge in [0, 0.05) is 0 Å². The molecule has 0 N–H and O–H groups in total. The Labute approximate surface area is 132 Å². The summed E-state index contributed by atoms with van der Waals surface area (Å²) in [7, 11) is 0.280. The second-order valence-electron chi connectivity index (χ2n) is 7.09. The minimum absolute atomic E-state index is 0.771. The Morgan fingerprint density at radius 2 is 1.38 bits per heavy atom. The van der Waals surface area contributed by atoms with Crippen LogP contribution in [0.5, 0.6) is 5.75 Å². The van der Waals surface area contributed by atoms with Crippen LogP contribution >= 0.6 is 0 Å². The molecule has 0 saturated heterocycles. The molecule has 0 heterocycles. The molecule has 21 heavy (non-hydrogen) atoms. The summed E-state index contributed by atoms with van der Waals surface area (Å²) < 4.78 is 5.24. The third-order valence-corrected chi connectivity index (χ3v) is 12.7. The van der Waals surface area contributed by atoms with Gasteiger partial charge in [-0.3, -0.25) is 0 Å². The Bertz CT molecular complexity index is 435. The molecule has 0 bridgehead atoms. The van der Waals surface area contributed by atoms with Gasteiger partial charge < -0.3 is 4.74 Å². The summed E-state index contributed by atoms with van der Waals surface area (Å²) in [6.07, 6.45) is 0. The highest BCUT2D eigenvalue weighted by Gasteiger charge is 2.42. The number of allylic oxidation sites excluding steroid dienone is 1. The fourth-order valence-corrected chi connectivity index (χ4v) is 10.1. The van der Waals surface area contributed by atoms with Gasteiger partial charge in [-0.1, -0.05) is 82.5 Å². The summed E-state index contributed by atoms with van der Waals surface area (Å²) in [5, 5.41) is 0. The molecule has 0 aliphatic rings. The van der Waals surface area contributed by atoms with Crippen molar-refractivity contribution in [3.63, 3.8) is 0 Å². The van der Waals surface area contributed by atoms with E-state index in [0.717, 1.165) is 22.4 Å². The summed E-state index contributed by atoms with van der Waals surface area (Å²) in [5.41, 5.74) is 4.86. The van der Waals surface area contributed by atoms with Crippen LogP contribution in [-0.2, 0) is 0 Å². The van der Waals surface area contributed by atoms with Crippen LogP contribution in [0.1, 0.15) is 47.1 Å². The Morgan fingerprint density at radius 3 is 1.71 bits per heavy atom. The lowest BCUT2D eigenvalue weighted by Crippen LogP contribution is -2.44. The summed E-state index contributed by atoms with van der Waals surface area (Å²) in [4.78, 5) is 0. The molecule has 0 saturated carbocycles. The third kappa shape index (κ3) is 3.79. The molecular formula is C19H32OSi. The molecule has 0 atom stereocenters. The van der Waals surface area contributed by atoms with E-state index >= 15 is 0 Å². The van der Waals surface area contributed by atoms with Gasteiger partial charge in [-0.25, -0.2) is 0 Å². The number of rotatable bonds is 7. The van der Waals surface area contributed by atoms with Gasteiger partial charge in [0.1, 0.15) is 5.75 Å². The van der Waals surface area contributed by atoms with E-state index in [9.17, 15) is 0 Å². The first-order chi connectivity index (χ1) is 9.75. The molecule has 0 fully saturated rings. The fourth-order valence-electron chi connectivity index (χ4n) is 3.91. The normalized spacial score (nSPS) is 12.3.